The van der Waals surface area contributed by atoms with Crippen LogP contribution in [-0.4, -0.2) is 73.0 Å². The first kappa shape index (κ1) is 26.7. The maximum atomic E-state index is 12.2. The molecule has 2 saturated heterocycles. The molecular weight excluding hydrogens is 523 g/mol. The molecule has 0 aliphatic carbocycles. The predicted molar refractivity (Wildman–Crippen MR) is 135 cm³/mol. The summed E-state index contributed by atoms with van der Waals surface area (Å²) in [5.74, 6) is 0.507. The lowest BCUT2D eigenvalue weighted by molar-refractivity contribution is -0.0390. The van der Waals surface area contributed by atoms with E-state index >= 15 is 0 Å². The van der Waals surface area contributed by atoms with E-state index in [0.29, 0.717) is 45.3 Å². The van der Waals surface area contributed by atoms with E-state index < -0.39 is 5.60 Å². The van der Waals surface area contributed by atoms with Crippen molar-refractivity contribution in [2.45, 2.75) is 58.5 Å². The molecule has 2 aliphatic heterocycles. The first-order valence-electron chi connectivity index (χ1n) is 11.1. The van der Waals surface area contributed by atoms with Gasteiger partial charge >= 0.3 is 6.09 Å². The quantitative estimate of drug-likeness (QED) is 0.338. The Morgan fingerprint density at radius 3 is 2.41 bits per heavy atom. The van der Waals surface area contributed by atoms with Gasteiger partial charge in [0.25, 0.3) is 0 Å². The maximum absolute atomic E-state index is 12.2. The standard InChI is InChI=1S/C23H36N4O4.HI/c1-23(2,3)31-22(28)27-11-9-26(10-12-27)21(24)25-16-18-5-4-6-19(15-18)17-30-20-7-13-29-14-8-20;/h4-6,15,20H,7-14,16-17H2,1-3H3,(H2,24,25);1H. The number of amides is 1. The molecule has 0 bridgehead atoms. The normalized spacial score (nSPS) is 18.3. The molecule has 3 rings (SSSR count). The Hall–Kier alpha value is -1.59. The van der Waals surface area contributed by atoms with Gasteiger partial charge in [0.15, 0.2) is 5.96 Å². The highest BCUT2D eigenvalue weighted by atomic mass is 127. The van der Waals surface area contributed by atoms with Crippen LogP contribution >= 0.6 is 24.0 Å². The molecule has 2 heterocycles. The maximum Gasteiger partial charge on any atom is 0.410 e. The SMILES string of the molecule is CC(C)(C)OC(=O)N1CCN(C(N)=NCc2cccc(COC3CCOCC3)c2)CC1.I. The number of guanidine groups is 1. The van der Waals surface area contributed by atoms with Crippen molar-refractivity contribution in [3.05, 3.63) is 35.4 Å². The van der Waals surface area contributed by atoms with E-state index in [4.69, 9.17) is 19.9 Å². The van der Waals surface area contributed by atoms with Gasteiger partial charge in [0.05, 0.1) is 19.3 Å². The second-order valence-corrected chi connectivity index (χ2v) is 9.07. The van der Waals surface area contributed by atoms with Crippen molar-refractivity contribution in [2.75, 3.05) is 39.4 Å². The molecule has 0 spiro atoms. The van der Waals surface area contributed by atoms with Crippen LogP contribution in [0.25, 0.3) is 0 Å². The van der Waals surface area contributed by atoms with E-state index in [9.17, 15) is 4.79 Å². The minimum absolute atomic E-state index is 0. The van der Waals surface area contributed by atoms with E-state index in [1.165, 1.54) is 0 Å². The fourth-order valence-corrected chi connectivity index (χ4v) is 3.59. The van der Waals surface area contributed by atoms with Crippen LogP contribution in [-0.2, 0) is 27.4 Å². The lowest BCUT2D eigenvalue weighted by Crippen LogP contribution is -2.53. The number of aliphatic imine (C=N–C) groups is 1. The third-order valence-corrected chi connectivity index (χ3v) is 5.32. The van der Waals surface area contributed by atoms with Crippen LogP contribution in [0.2, 0.25) is 0 Å². The molecule has 0 atom stereocenters. The zero-order valence-electron chi connectivity index (χ0n) is 19.4. The molecule has 0 saturated carbocycles. The lowest BCUT2D eigenvalue weighted by atomic mass is 10.1. The summed E-state index contributed by atoms with van der Waals surface area (Å²) in [6.45, 7) is 10.7. The molecule has 2 N–H and O–H groups in total. The zero-order chi connectivity index (χ0) is 22.3. The van der Waals surface area contributed by atoms with Crippen LogP contribution in [0.15, 0.2) is 29.3 Å². The number of benzene rings is 1. The summed E-state index contributed by atoms with van der Waals surface area (Å²) < 4.78 is 16.8. The van der Waals surface area contributed by atoms with Gasteiger partial charge in [0.2, 0.25) is 0 Å². The van der Waals surface area contributed by atoms with Crippen molar-refractivity contribution in [1.29, 1.82) is 0 Å². The van der Waals surface area contributed by atoms with Crippen LogP contribution in [0.4, 0.5) is 4.79 Å². The summed E-state index contributed by atoms with van der Waals surface area (Å²) in [5.41, 5.74) is 7.97. The van der Waals surface area contributed by atoms with Crippen LogP contribution in [0.3, 0.4) is 0 Å². The Morgan fingerprint density at radius 1 is 1.12 bits per heavy atom. The highest BCUT2D eigenvalue weighted by molar-refractivity contribution is 14.0. The number of piperazine rings is 1. The average Bonchev–Trinajstić information content (AvgIpc) is 2.76. The molecule has 2 aliphatic rings. The number of hydrogen-bond acceptors (Lipinski definition) is 5. The molecule has 9 heteroatoms. The van der Waals surface area contributed by atoms with Crippen molar-refractivity contribution < 1.29 is 19.0 Å². The van der Waals surface area contributed by atoms with E-state index in [0.717, 1.165) is 37.2 Å². The van der Waals surface area contributed by atoms with Crippen molar-refractivity contribution >= 4 is 36.0 Å². The van der Waals surface area contributed by atoms with Gasteiger partial charge in [-0.15, -0.1) is 24.0 Å². The first-order chi connectivity index (χ1) is 14.8. The molecule has 1 aromatic carbocycles. The van der Waals surface area contributed by atoms with Crippen molar-refractivity contribution in [3.63, 3.8) is 0 Å². The molecule has 8 nitrogen and oxygen atoms in total. The molecule has 1 aromatic rings. The topological polar surface area (TPSA) is 89.6 Å². The Bertz CT molecular complexity index is 755. The van der Waals surface area contributed by atoms with E-state index in [1.54, 1.807) is 4.90 Å². The predicted octanol–water partition coefficient (Wildman–Crippen LogP) is 3.37. The number of hydrogen-bond donors (Lipinski definition) is 1. The molecule has 0 unspecified atom stereocenters. The Kier molecular flexibility index (Phi) is 10.5. The number of ether oxygens (including phenoxy) is 3. The monoisotopic (exact) mass is 560 g/mol. The van der Waals surface area contributed by atoms with Crippen molar-refractivity contribution in [3.8, 4) is 0 Å². The van der Waals surface area contributed by atoms with Gasteiger partial charge in [-0.1, -0.05) is 24.3 Å². The van der Waals surface area contributed by atoms with Gasteiger partial charge in [0, 0.05) is 39.4 Å². The fraction of sp³-hybridized carbons (Fsp3) is 0.652. The van der Waals surface area contributed by atoms with Gasteiger partial charge < -0.3 is 29.7 Å². The van der Waals surface area contributed by atoms with E-state index in [-0.39, 0.29) is 36.2 Å². The van der Waals surface area contributed by atoms with E-state index in [1.807, 2.05) is 31.7 Å². The molecule has 180 valence electrons. The number of nitrogens with two attached hydrogens (primary N) is 1. The highest BCUT2D eigenvalue weighted by Gasteiger charge is 2.26. The molecule has 0 radical (unpaired) electrons. The summed E-state index contributed by atoms with van der Waals surface area (Å²) in [6, 6.07) is 8.28. The second kappa shape index (κ2) is 12.6. The molecule has 1 amide bonds. The van der Waals surface area contributed by atoms with Gasteiger partial charge in [0.1, 0.15) is 5.60 Å². The van der Waals surface area contributed by atoms with Gasteiger partial charge in [-0.25, -0.2) is 9.79 Å². The smallest absolute Gasteiger partial charge is 0.410 e. The molecule has 0 aromatic heterocycles. The fourth-order valence-electron chi connectivity index (χ4n) is 3.59. The summed E-state index contributed by atoms with van der Waals surface area (Å²) in [4.78, 5) is 20.5. The minimum atomic E-state index is -0.487. The number of carbonyl (C=O) groups excluding carboxylic acids is 1. The zero-order valence-corrected chi connectivity index (χ0v) is 21.7. The van der Waals surface area contributed by atoms with Gasteiger partial charge in [-0.3, -0.25) is 0 Å². The molecule has 32 heavy (non-hydrogen) atoms. The van der Waals surface area contributed by atoms with Crippen molar-refractivity contribution in [1.82, 2.24) is 9.80 Å². The number of halogens is 1. The largest absolute Gasteiger partial charge is 0.444 e. The third kappa shape index (κ3) is 8.74. The minimum Gasteiger partial charge on any atom is -0.444 e. The number of carbonyl (C=O) groups is 1. The van der Waals surface area contributed by atoms with Crippen LogP contribution < -0.4 is 5.73 Å². The van der Waals surface area contributed by atoms with Crippen LogP contribution in [0, 0.1) is 0 Å². The molecule has 2 fully saturated rings. The number of rotatable bonds is 5. The summed E-state index contributed by atoms with van der Waals surface area (Å²) in [7, 11) is 0. The summed E-state index contributed by atoms with van der Waals surface area (Å²) >= 11 is 0. The Morgan fingerprint density at radius 2 is 1.75 bits per heavy atom. The second-order valence-electron chi connectivity index (χ2n) is 9.07. The first-order valence-corrected chi connectivity index (χ1v) is 11.1. The average molecular weight is 560 g/mol. The molecular formula is C23H37IN4O4. The summed E-state index contributed by atoms with van der Waals surface area (Å²) in [6.07, 6.45) is 1.93. The van der Waals surface area contributed by atoms with Gasteiger partial charge in [-0.2, -0.15) is 0 Å². The van der Waals surface area contributed by atoms with Crippen LogP contribution in [0.5, 0.6) is 0 Å². The highest BCUT2D eigenvalue weighted by Crippen LogP contribution is 2.15. The van der Waals surface area contributed by atoms with E-state index in [2.05, 4.69) is 23.2 Å². The number of nitrogens with zero attached hydrogens (tertiary/aromatic N) is 3. The Balaban J connectivity index is 0.00000363. The van der Waals surface area contributed by atoms with Gasteiger partial charge in [-0.05, 0) is 44.7 Å². The summed E-state index contributed by atoms with van der Waals surface area (Å²) in [5, 5.41) is 0. The lowest BCUT2D eigenvalue weighted by Gasteiger charge is -2.36. The third-order valence-electron chi connectivity index (χ3n) is 5.32. The van der Waals surface area contributed by atoms with Crippen LogP contribution in [0.1, 0.15) is 44.7 Å². The van der Waals surface area contributed by atoms with Crippen molar-refractivity contribution in [2.24, 2.45) is 10.7 Å². The Labute approximate surface area is 208 Å².